The van der Waals surface area contributed by atoms with Crippen LogP contribution in [-0.2, 0) is 0 Å². The van der Waals surface area contributed by atoms with E-state index in [2.05, 4.69) is 236 Å². The van der Waals surface area contributed by atoms with Gasteiger partial charge in [-0.2, -0.15) is 0 Å². The number of aromatic nitrogens is 2. The topological polar surface area (TPSA) is 67.1 Å². The highest BCUT2D eigenvalue weighted by Crippen LogP contribution is 2.43. The molecular weight excluding hydrogens is 839 g/mol. The van der Waals surface area contributed by atoms with Crippen LogP contribution in [0.5, 0.6) is 0 Å². The first-order chi connectivity index (χ1) is 34.1. The maximum absolute atomic E-state index is 7.30. The quantitative estimate of drug-likeness (QED) is 0.106. The largest absolute Gasteiger partial charge is 0.398 e. The van der Waals surface area contributed by atoms with E-state index in [9.17, 15) is 0 Å². The molecule has 69 heavy (non-hydrogen) atoms. The number of hydrogen-bond acceptors (Lipinski definition) is 5. The summed E-state index contributed by atoms with van der Waals surface area (Å²) in [7, 11) is 0. The fraction of sp³-hybridized carbons (Fsp3) is 0.125. The van der Waals surface area contributed by atoms with Crippen LogP contribution >= 0.6 is 0 Å². The summed E-state index contributed by atoms with van der Waals surface area (Å²) in [5.74, 6) is 1.00. The van der Waals surface area contributed by atoms with Crippen LogP contribution in [0.2, 0.25) is 0 Å². The van der Waals surface area contributed by atoms with Gasteiger partial charge in [0.25, 0.3) is 0 Å². The molecule has 2 aliphatic carbocycles. The molecule has 1 aliphatic heterocycles. The van der Waals surface area contributed by atoms with Crippen molar-refractivity contribution in [2.75, 3.05) is 10.6 Å². The number of hydrogen-bond donors (Lipinski definition) is 2. The number of anilines is 2. The van der Waals surface area contributed by atoms with Crippen LogP contribution in [0.1, 0.15) is 37.7 Å². The highest BCUT2D eigenvalue weighted by molar-refractivity contribution is 6.13. The lowest BCUT2D eigenvalue weighted by Crippen LogP contribution is -2.38. The molecule has 1 fully saturated rings. The van der Waals surface area contributed by atoms with E-state index in [1.807, 2.05) is 6.07 Å². The lowest BCUT2D eigenvalue weighted by molar-refractivity contribution is 0.533. The molecule has 0 saturated carbocycles. The van der Waals surface area contributed by atoms with E-state index in [1.165, 1.54) is 38.6 Å². The standard InChI is InChI=1S/C64H53N5/c1-2-18-62-66-60-40-46(49-25-12-11-24-48(49)42-19-5-3-6-20-42)35-38-61(60)69(62)47-36-33-43(34-37-47)51-31-17-32-55(63(51)65)54-29-15-16-30-56(54)64-67-58(44-21-7-4-8-22-44)41-59(68-64)57-39-45-23-9-10-26-50(45)52-27-13-14-28-53(52)57/h3-17,19-23,25-41,48,60-62,66H,2,18,24,65H2,1H3. The normalized spacial score (nSPS) is 18.6. The predicted octanol–water partition coefficient (Wildman–Crippen LogP) is 15.1. The number of nitrogens with one attached hydrogen (secondary N) is 1. The van der Waals surface area contributed by atoms with E-state index in [0.29, 0.717) is 11.7 Å². The van der Waals surface area contributed by atoms with Gasteiger partial charge in [-0.25, -0.2) is 9.97 Å². The molecule has 0 spiro atoms. The lowest BCUT2D eigenvalue weighted by atomic mass is 9.79. The summed E-state index contributed by atoms with van der Waals surface area (Å²) in [4.78, 5) is 13.3. The van der Waals surface area contributed by atoms with Crippen molar-refractivity contribution in [1.82, 2.24) is 15.3 Å². The molecule has 2 heterocycles. The molecule has 0 bridgehead atoms. The molecule has 1 aromatic heterocycles. The van der Waals surface area contributed by atoms with Gasteiger partial charge >= 0.3 is 0 Å². The Labute approximate surface area is 404 Å². The van der Waals surface area contributed by atoms with E-state index in [-0.39, 0.29) is 18.2 Å². The number of allylic oxidation sites excluding steroid dienone is 6. The molecular formula is C64H53N5. The molecule has 334 valence electrons. The second-order valence-corrected chi connectivity index (χ2v) is 18.5. The van der Waals surface area contributed by atoms with Crippen LogP contribution in [-0.4, -0.2) is 28.2 Å². The first kappa shape index (κ1) is 42.2. The summed E-state index contributed by atoms with van der Waals surface area (Å²) in [6, 6.07) is 67.1. The summed E-state index contributed by atoms with van der Waals surface area (Å²) in [5, 5.41) is 8.78. The summed E-state index contributed by atoms with van der Waals surface area (Å²) in [5.41, 5.74) is 22.0. The Balaban J connectivity index is 0.882. The van der Waals surface area contributed by atoms with Crippen LogP contribution in [0.15, 0.2) is 236 Å². The van der Waals surface area contributed by atoms with Gasteiger partial charge in [0.15, 0.2) is 5.82 Å². The van der Waals surface area contributed by atoms with Crippen molar-refractivity contribution in [3.8, 4) is 56.2 Å². The minimum absolute atomic E-state index is 0.206. The van der Waals surface area contributed by atoms with Crippen LogP contribution in [0.25, 0.3) is 77.7 Å². The Morgan fingerprint density at radius 3 is 2.10 bits per heavy atom. The van der Waals surface area contributed by atoms with Crippen molar-refractivity contribution in [2.45, 2.75) is 50.4 Å². The molecule has 12 rings (SSSR count). The fourth-order valence-corrected chi connectivity index (χ4v) is 11.1. The van der Waals surface area contributed by atoms with Gasteiger partial charge < -0.3 is 10.6 Å². The maximum Gasteiger partial charge on any atom is 0.161 e. The van der Waals surface area contributed by atoms with E-state index >= 15 is 0 Å². The molecule has 3 N–H and O–H groups in total. The van der Waals surface area contributed by atoms with Gasteiger partial charge in [0.1, 0.15) is 0 Å². The van der Waals surface area contributed by atoms with Crippen LogP contribution in [0.3, 0.4) is 0 Å². The summed E-state index contributed by atoms with van der Waals surface area (Å²) in [6.45, 7) is 2.28. The third-order valence-electron chi connectivity index (χ3n) is 14.4. The molecule has 3 aliphatic rings. The molecule has 4 unspecified atom stereocenters. The summed E-state index contributed by atoms with van der Waals surface area (Å²) >= 11 is 0. The highest BCUT2D eigenvalue weighted by atomic mass is 15.4. The van der Waals surface area contributed by atoms with Gasteiger partial charge in [-0.1, -0.05) is 214 Å². The minimum atomic E-state index is 0.206. The summed E-state index contributed by atoms with van der Waals surface area (Å²) < 4.78 is 0. The third-order valence-corrected chi connectivity index (χ3v) is 14.4. The Kier molecular flexibility index (Phi) is 11.1. The van der Waals surface area contributed by atoms with Gasteiger partial charge in [0.2, 0.25) is 0 Å². The first-order valence-electron chi connectivity index (χ1n) is 24.4. The van der Waals surface area contributed by atoms with Crippen molar-refractivity contribution < 1.29 is 0 Å². The van der Waals surface area contributed by atoms with E-state index in [0.717, 1.165) is 80.7 Å². The third kappa shape index (κ3) is 7.85. The van der Waals surface area contributed by atoms with Gasteiger partial charge in [-0.15, -0.1) is 0 Å². The average Bonchev–Trinajstić information content (AvgIpc) is 3.78. The van der Waals surface area contributed by atoms with E-state index in [1.54, 1.807) is 0 Å². The number of fused-ring (bicyclic) bond motifs is 4. The van der Waals surface area contributed by atoms with Gasteiger partial charge in [0, 0.05) is 45.1 Å². The van der Waals surface area contributed by atoms with Crippen molar-refractivity contribution in [3.05, 3.63) is 241 Å². The van der Waals surface area contributed by atoms with Gasteiger partial charge in [-0.05, 0) is 86.5 Å². The molecule has 8 aromatic carbocycles. The zero-order valence-corrected chi connectivity index (χ0v) is 38.7. The average molecular weight is 892 g/mol. The van der Waals surface area contributed by atoms with Gasteiger partial charge in [0.05, 0.1) is 29.6 Å². The summed E-state index contributed by atoms with van der Waals surface area (Å²) in [6.07, 6.45) is 17.5. The van der Waals surface area contributed by atoms with Crippen LogP contribution in [0.4, 0.5) is 11.4 Å². The molecule has 0 radical (unpaired) electrons. The van der Waals surface area contributed by atoms with Crippen molar-refractivity contribution in [2.24, 2.45) is 0 Å². The van der Waals surface area contributed by atoms with Gasteiger partial charge in [-0.3, -0.25) is 5.32 Å². The fourth-order valence-electron chi connectivity index (χ4n) is 11.1. The molecule has 5 heteroatoms. The Morgan fingerprint density at radius 1 is 0.609 bits per heavy atom. The van der Waals surface area contributed by atoms with E-state index in [4.69, 9.17) is 15.7 Å². The lowest BCUT2D eigenvalue weighted by Gasteiger charge is -2.32. The number of benzene rings is 8. The van der Waals surface area contributed by atoms with Crippen molar-refractivity contribution in [1.29, 1.82) is 0 Å². The first-order valence-corrected chi connectivity index (χ1v) is 24.4. The SMILES string of the molecule is CCCC1NC2C=C(C3=CC=CCC3c3ccccc3)C=CC2N1c1ccc(-c2cccc(-c3ccccc3-c3nc(-c4ccccc4)cc(-c4cc5ccccc5c5ccccc45)n3)c2N)cc1. The Bertz CT molecular complexity index is 3500. The molecule has 9 aromatic rings. The van der Waals surface area contributed by atoms with Crippen molar-refractivity contribution >= 4 is 32.9 Å². The second kappa shape index (κ2) is 18.2. The Hall–Kier alpha value is -8.12. The second-order valence-electron chi connectivity index (χ2n) is 18.5. The van der Waals surface area contributed by atoms with Crippen molar-refractivity contribution in [3.63, 3.8) is 0 Å². The monoisotopic (exact) mass is 891 g/mol. The molecule has 5 nitrogen and oxygen atoms in total. The number of rotatable bonds is 10. The number of para-hydroxylation sites is 1. The smallest absolute Gasteiger partial charge is 0.161 e. The zero-order chi connectivity index (χ0) is 46.3. The molecule has 1 saturated heterocycles. The minimum Gasteiger partial charge on any atom is -0.398 e. The number of nitrogens with zero attached hydrogens (tertiary/aromatic N) is 3. The van der Waals surface area contributed by atoms with Crippen LogP contribution < -0.4 is 16.0 Å². The molecule has 0 amide bonds. The molecule has 4 atom stereocenters. The zero-order valence-electron chi connectivity index (χ0n) is 38.7. The predicted molar refractivity (Wildman–Crippen MR) is 289 cm³/mol. The van der Waals surface area contributed by atoms with Crippen LogP contribution in [0, 0.1) is 0 Å². The number of nitrogen functional groups attached to an aromatic ring is 1. The Morgan fingerprint density at radius 2 is 1.29 bits per heavy atom. The maximum atomic E-state index is 7.30. The van der Waals surface area contributed by atoms with E-state index < -0.39 is 0 Å². The highest BCUT2D eigenvalue weighted by Gasteiger charge is 2.40. The number of nitrogens with two attached hydrogens (primary N) is 1.